The fourth-order valence-electron chi connectivity index (χ4n) is 3.11. The first-order valence-electron chi connectivity index (χ1n) is 14.3. The van der Waals surface area contributed by atoms with Gasteiger partial charge in [-0.2, -0.15) is 13.2 Å². The highest BCUT2D eigenvalue weighted by molar-refractivity contribution is 7.17. The van der Waals surface area contributed by atoms with E-state index in [9.17, 15) is 22.7 Å². The van der Waals surface area contributed by atoms with Gasteiger partial charge in [-0.3, -0.25) is 5.32 Å². The van der Waals surface area contributed by atoms with E-state index in [1.165, 1.54) is 6.92 Å². The minimum Gasteiger partial charge on any atom is -0.375 e. The highest BCUT2D eigenvalue weighted by Gasteiger charge is 2.35. The highest BCUT2D eigenvalue weighted by Crippen LogP contribution is 2.32. The summed E-state index contributed by atoms with van der Waals surface area (Å²) in [5.74, 6) is -0.240. The number of aliphatic imine (C=N–C) groups is 1. The number of nitrogens with zero attached hydrogens (tertiary/aromatic N) is 2. The number of aliphatic hydroxyl groups excluding tert-OH is 1. The van der Waals surface area contributed by atoms with Crippen LogP contribution in [0.25, 0.3) is 0 Å². The van der Waals surface area contributed by atoms with Crippen molar-refractivity contribution in [3.05, 3.63) is 47.9 Å². The molecule has 1 heterocycles. The fourth-order valence-corrected chi connectivity index (χ4v) is 3.26. The second-order valence-corrected chi connectivity index (χ2v) is 8.60. The van der Waals surface area contributed by atoms with Gasteiger partial charge in [0, 0.05) is 24.9 Å². The van der Waals surface area contributed by atoms with Gasteiger partial charge in [-0.1, -0.05) is 73.1 Å². The van der Waals surface area contributed by atoms with E-state index in [0.29, 0.717) is 31.1 Å². The molecule has 9 heteroatoms. The molecule has 39 heavy (non-hydrogen) atoms. The van der Waals surface area contributed by atoms with E-state index < -0.39 is 23.9 Å². The molecule has 0 saturated heterocycles. The van der Waals surface area contributed by atoms with Crippen molar-refractivity contribution >= 4 is 15.5 Å². The number of allylic oxidation sites excluding steroid dienone is 4. The lowest BCUT2D eigenvalue weighted by Gasteiger charge is -2.29. The van der Waals surface area contributed by atoms with Crippen molar-refractivity contribution in [3.8, 4) is 0 Å². The molecular weight excluding hydrogens is 525 g/mol. The van der Waals surface area contributed by atoms with Crippen LogP contribution in [0.15, 0.2) is 52.8 Å². The molecular formula is C30H58F4N3OP. The van der Waals surface area contributed by atoms with Crippen LogP contribution in [0.2, 0.25) is 0 Å². The molecule has 0 aromatic rings. The van der Waals surface area contributed by atoms with Crippen LogP contribution in [0.3, 0.4) is 0 Å². The van der Waals surface area contributed by atoms with Crippen molar-refractivity contribution in [1.82, 2.24) is 10.2 Å². The Balaban J connectivity index is -0.000000397. The van der Waals surface area contributed by atoms with Crippen molar-refractivity contribution in [2.75, 3.05) is 19.6 Å². The quantitative estimate of drug-likeness (QED) is 0.110. The maximum absolute atomic E-state index is 13.3. The fraction of sp³-hybridized carbons (Fsp3) is 0.700. The van der Waals surface area contributed by atoms with Gasteiger partial charge >= 0.3 is 6.18 Å². The summed E-state index contributed by atoms with van der Waals surface area (Å²) in [4.78, 5) is 5.79. The molecule has 0 saturated carbocycles. The third-order valence-corrected chi connectivity index (χ3v) is 5.50. The summed E-state index contributed by atoms with van der Waals surface area (Å²) in [6.07, 6.45) is 0.799. The average Bonchev–Trinajstić information content (AvgIpc) is 2.90. The summed E-state index contributed by atoms with van der Waals surface area (Å²) in [6, 6.07) is 0. The van der Waals surface area contributed by atoms with E-state index >= 15 is 0 Å². The normalized spacial score (nSPS) is 19.7. The van der Waals surface area contributed by atoms with Gasteiger partial charge < -0.3 is 10.0 Å². The van der Waals surface area contributed by atoms with Crippen molar-refractivity contribution in [2.24, 2.45) is 10.9 Å². The Morgan fingerprint density at radius 2 is 1.67 bits per heavy atom. The molecule has 1 rings (SSSR count). The van der Waals surface area contributed by atoms with Gasteiger partial charge in [-0.05, 0) is 52.0 Å². The number of likely N-dealkylation sites (N-methyl/N-ethyl adjacent to an activating group) is 1. The molecule has 1 aliphatic heterocycles. The minimum atomic E-state index is -4.49. The van der Waals surface area contributed by atoms with E-state index in [1.807, 2.05) is 67.5 Å². The Morgan fingerprint density at radius 3 is 2.03 bits per heavy atom. The average molecular weight is 584 g/mol. The van der Waals surface area contributed by atoms with Crippen LogP contribution in [0, 0.1) is 5.92 Å². The summed E-state index contributed by atoms with van der Waals surface area (Å²) in [5, 5.41) is 13.3. The van der Waals surface area contributed by atoms with Crippen LogP contribution in [-0.4, -0.2) is 54.2 Å². The molecule has 2 N–H and O–H groups in total. The second-order valence-electron chi connectivity index (χ2n) is 7.88. The van der Waals surface area contributed by atoms with Gasteiger partial charge in [-0.15, -0.1) is 22.4 Å². The van der Waals surface area contributed by atoms with Crippen molar-refractivity contribution in [1.29, 1.82) is 0 Å². The Kier molecular flexibility index (Phi) is 32.0. The van der Waals surface area contributed by atoms with Gasteiger partial charge in [0.1, 0.15) is 18.0 Å². The number of hydrogen-bond acceptors (Lipinski definition) is 4. The summed E-state index contributed by atoms with van der Waals surface area (Å²) in [7, 11) is 2.06. The van der Waals surface area contributed by atoms with E-state index in [4.69, 9.17) is 0 Å². The topological polar surface area (TPSA) is 47.9 Å². The Morgan fingerprint density at radius 1 is 1.13 bits per heavy atom. The molecule has 0 spiro atoms. The monoisotopic (exact) mass is 583 g/mol. The number of nitrogens with one attached hydrogen (secondary N) is 1. The van der Waals surface area contributed by atoms with Crippen molar-refractivity contribution < 1.29 is 22.7 Å². The maximum Gasteiger partial charge on any atom is 0.417 e. The Hall–Kier alpha value is -1.50. The van der Waals surface area contributed by atoms with Gasteiger partial charge in [0.15, 0.2) is 0 Å². The molecule has 0 aromatic carbocycles. The standard InChI is InChI=1S/C17H28F4N3OP.C7H12.3C2H6/c1-4-22-16(25)12-7-6-11(3)13(17(19,20)21)10-23-15(12)24(5-2)9-8-14(18)26;1-4-6-7(3)5-2;3*1-2/h10,14,16,22,25H,4-9,26H2,1-3H3;4-5,7H,1-2,6H2,3H3;3*1-2H3/b13-11+,15-12-,23-10-;;;;/t;7-;;;/m.0.../s1. The Labute approximate surface area is 240 Å². The van der Waals surface area contributed by atoms with Crippen LogP contribution in [0.4, 0.5) is 17.6 Å². The summed E-state index contributed by atoms with van der Waals surface area (Å²) in [6.45, 7) is 27.6. The predicted octanol–water partition coefficient (Wildman–Crippen LogP) is 9.22. The number of hydrogen-bond donors (Lipinski definition) is 2. The minimum absolute atomic E-state index is 0.162. The number of aliphatic hydroxyl groups is 1. The zero-order chi connectivity index (χ0) is 31.6. The van der Waals surface area contributed by atoms with E-state index in [1.54, 1.807) is 4.90 Å². The highest BCUT2D eigenvalue weighted by atomic mass is 31.0. The molecule has 0 aliphatic carbocycles. The lowest BCUT2D eigenvalue weighted by molar-refractivity contribution is -0.0865. The molecule has 1 aliphatic rings. The largest absolute Gasteiger partial charge is 0.417 e. The molecule has 0 radical (unpaired) electrons. The smallest absolute Gasteiger partial charge is 0.375 e. The molecule has 4 atom stereocenters. The van der Waals surface area contributed by atoms with Gasteiger partial charge in [0.2, 0.25) is 0 Å². The molecule has 0 aromatic heterocycles. The first-order chi connectivity index (χ1) is 18.4. The van der Waals surface area contributed by atoms with Crippen LogP contribution >= 0.6 is 9.24 Å². The lowest BCUT2D eigenvalue weighted by Crippen LogP contribution is -2.35. The molecule has 0 fully saturated rings. The number of alkyl halides is 4. The first kappa shape index (κ1) is 44.5. The van der Waals surface area contributed by atoms with E-state index in [0.717, 1.165) is 12.6 Å². The SMILES string of the molecule is C=CC[C@@H](C)C=C.CC.CC.CC.CCNC(O)/C1=C(N(CC)CCC(F)P)/N=C\C(C(F)(F)F)=C(\C)CC1. The third kappa shape index (κ3) is 21.0. The lowest BCUT2D eigenvalue weighted by atomic mass is 9.98. The van der Waals surface area contributed by atoms with Crippen molar-refractivity contribution in [3.63, 3.8) is 0 Å². The Bertz CT molecular complexity index is 705. The maximum atomic E-state index is 13.3. The van der Waals surface area contributed by atoms with Crippen LogP contribution in [0.5, 0.6) is 0 Å². The van der Waals surface area contributed by atoms with E-state index in [-0.39, 0.29) is 30.7 Å². The zero-order valence-corrected chi connectivity index (χ0v) is 27.4. The predicted molar refractivity (Wildman–Crippen MR) is 168 cm³/mol. The van der Waals surface area contributed by atoms with Crippen LogP contribution in [-0.2, 0) is 0 Å². The van der Waals surface area contributed by atoms with Crippen molar-refractivity contribution in [2.45, 2.75) is 113 Å². The summed E-state index contributed by atoms with van der Waals surface area (Å²) in [5.41, 5.74) is -0.0690. The first-order valence-corrected chi connectivity index (χ1v) is 14.9. The molecule has 232 valence electrons. The van der Waals surface area contributed by atoms with Crippen LogP contribution < -0.4 is 5.32 Å². The molecule has 0 bridgehead atoms. The molecule has 0 amide bonds. The number of rotatable bonds is 11. The van der Waals surface area contributed by atoms with E-state index in [2.05, 4.69) is 39.6 Å². The number of halogens is 4. The molecule has 3 unspecified atom stereocenters. The molecule has 4 nitrogen and oxygen atoms in total. The second kappa shape index (κ2) is 28.0. The van der Waals surface area contributed by atoms with Gasteiger partial charge in [0.25, 0.3) is 0 Å². The van der Waals surface area contributed by atoms with Crippen LogP contribution in [0.1, 0.15) is 94.9 Å². The summed E-state index contributed by atoms with van der Waals surface area (Å²) >= 11 is 0. The summed E-state index contributed by atoms with van der Waals surface area (Å²) < 4.78 is 53.0. The van der Waals surface area contributed by atoms with Gasteiger partial charge in [0.05, 0.1) is 5.57 Å². The third-order valence-electron chi connectivity index (χ3n) is 5.16. The zero-order valence-electron chi connectivity index (χ0n) is 26.3. The van der Waals surface area contributed by atoms with Gasteiger partial charge in [-0.25, -0.2) is 9.38 Å².